The second-order valence-corrected chi connectivity index (χ2v) is 4.92. The number of hydrogen-bond donors (Lipinski definition) is 1. The normalized spacial score (nSPS) is 13.9. The predicted octanol–water partition coefficient (Wildman–Crippen LogP) is 3.04. The van der Waals surface area contributed by atoms with Crippen molar-refractivity contribution in [3.63, 3.8) is 0 Å². The number of nitrogen functional groups attached to an aromatic ring is 1. The first kappa shape index (κ1) is 12.0. The van der Waals surface area contributed by atoms with E-state index < -0.39 is 0 Å². The van der Waals surface area contributed by atoms with Crippen LogP contribution in [0.1, 0.15) is 29.8 Å². The molecule has 4 heteroatoms. The minimum absolute atomic E-state index is 0.431. The maximum Gasteiger partial charge on any atom is 0.224 e. The van der Waals surface area contributed by atoms with Gasteiger partial charge in [-0.15, -0.1) is 0 Å². The fourth-order valence-electron chi connectivity index (χ4n) is 2.51. The van der Waals surface area contributed by atoms with Gasteiger partial charge < -0.3 is 10.5 Å². The summed E-state index contributed by atoms with van der Waals surface area (Å²) in [5, 5.41) is 0. The van der Waals surface area contributed by atoms with E-state index in [0.29, 0.717) is 17.5 Å². The molecule has 0 saturated carbocycles. The Labute approximate surface area is 112 Å². The molecule has 1 aromatic carbocycles. The molecule has 1 aromatic heterocycles. The molecule has 98 valence electrons. The van der Waals surface area contributed by atoms with E-state index in [-0.39, 0.29) is 0 Å². The van der Waals surface area contributed by atoms with E-state index in [0.717, 1.165) is 12.2 Å². The second kappa shape index (κ2) is 4.88. The highest BCUT2D eigenvalue weighted by Crippen LogP contribution is 2.28. The van der Waals surface area contributed by atoms with Gasteiger partial charge >= 0.3 is 0 Å². The molecule has 0 saturated heterocycles. The third-order valence-corrected chi connectivity index (χ3v) is 3.38. The molecule has 2 aromatic rings. The first-order chi connectivity index (χ1) is 9.20. The summed E-state index contributed by atoms with van der Waals surface area (Å²) >= 11 is 0. The van der Waals surface area contributed by atoms with E-state index in [2.05, 4.69) is 22.1 Å². The largest absolute Gasteiger partial charge is 0.439 e. The fraction of sp³-hybridized carbons (Fsp3) is 0.333. The van der Waals surface area contributed by atoms with Gasteiger partial charge in [0.15, 0.2) is 0 Å². The highest BCUT2D eigenvalue weighted by molar-refractivity contribution is 5.40. The molecule has 0 atom stereocenters. The number of rotatable bonds is 2. The molecule has 4 nitrogen and oxygen atoms in total. The molecular weight excluding hydrogens is 238 g/mol. The number of nitrogens with two attached hydrogens (primary N) is 1. The van der Waals surface area contributed by atoms with Crippen molar-refractivity contribution < 1.29 is 4.74 Å². The lowest BCUT2D eigenvalue weighted by atomic mass is 9.92. The zero-order valence-electron chi connectivity index (χ0n) is 11.0. The lowest BCUT2D eigenvalue weighted by Crippen LogP contribution is -2.03. The number of ether oxygens (including phenoxy) is 1. The number of aryl methyl sites for hydroxylation is 3. The Morgan fingerprint density at radius 1 is 1.05 bits per heavy atom. The van der Waals surface area contributed by atoms with Gasteiger partial charge in [0, 0.05) is 6.07 Å². The first-order valence-corrected chi connectivity index (χ1v) is 6.61. The molecule has 0 spiro atoms. The predicted molar refractivity (Wildman–Crippen MR) is 74.3 cm³/mol. The van der Waals surface area contributed by atoms with Crippen LogP contribution in [0.5, 0.6) is 11.6 Å². The minimum Gasteiger partial charge on any atom is -0.439 e. The van der Waals surface area contributed by atoms with Crippen molar-refractivity contribution in [2.45, 2.75) is 32.6 Å². The quantitative estimate of drug-likeness (QED) is 0.896. The summed E-state index contributed by atoms with van der Waals surface area (Å²) in [6.07, 6.45) is 4.86. The van der Waals surface area contributed by atoms with E-state index >= 15 is 0 Å². The SMILES string of the molecule is Cc1nc(N)cc(Oc2ccc3c(c2)CCCC3)n1. The monoisotopic (exact) mass is 255 g/mol. The van der Waals surface area contributed by atoms with Crippen molar-refractivity contribution in [3.05, 3.63) is 41.2 Å². The summed E-state index contributed by atoms with van der Waals surface area (Å²) in [4.78, 5) is 8.26. The highest BCUT2D eigenvalue weighted by Gasteiger charge is 2.10. The van der Waals surface area contributed by atoms with Gasteiger partial charge in [-0.25, -0.2) is 4.98 Å². The number of benzene rings is 1. The molecule has 0 amide bonds. The van der Waals surface area contributed by atoms with Gasteiger partial charge in [0.25, 0.3) is 0 Å². The number of aromatic nitrogens is 2. The zero-order chi connectivity index (χ0) is 13.2. The van der Waals surface area contributed by atoms with Crippen LogP contribution in [-0.4, -0.2) is 9.97 Å². The van der Waals surface area contributed by atoms with Crippen molar-refractivity contribution in [1.29, 1.82) is 0 Å². The average Bonchev–Trinajstić information content (AvgIpc) is 2.37. The third-order valence-electron chi connectivity index (χ3n) is 3.38. The van der Waals surface area contributed by atoms with Crippen LogP contribution in [0.25, 0.3) is 0 Å². The van der Waals surface area contributed by atoms with Gasteiger partial charge in [0.05, 0.1) is 0 Å². The molecule has 19 heavy (non-hydrogen) atoms. The van der Waals surface area contributed by atoms with Gasteiger partial charge in [-0.05, 0) is 55.9 Å². The highest BCUT2D eigenvalue weighted by atomic mass is 16.5. The Morgan fingerprint density at radius 2 is 1.84 bits per heavy atom. The van der Waals surface area contributed by atoms with E-state index in [1.54, 1.807) is 13.0 Å². The van der Waals surface area contributed by atoms with Gasteiger partial charge in [-0.1, -0.05) is 6.07 Å². The summed E-state index contributed by atoms with van der Waals surface area (Å²) in [7, 11) is 0. The Hall–Kier alpha value is -2.10. The van der Waals surface area contributed by atoms with Crippen LogP contribution in [0.2, 0.25) is 0 Å². The van der Waals surface area contributed by atoms with Crippen molar-refractivity contribution >= 4 is 5.82 Å². The molecule has 0 radical (unpaired) electrons. The van der Waals surface area contributed by atoms with Crippen molar-refractivity contribution in [2.24, 2.45) is 0 Å². The van der Waals surface area contributed by atoms with Gasteiger partial charge in [-0.3, -0.25) is 0 Å². The fourth-order valence-corrected chi connectivity index (χ4v) is 2.51. The minimum atomic E-state index is 0.431. The molecule has 1 aliphatic carbocycles. The average molecular weight is 255 g/mol. The molecule has 0 unspecified atom stereocenters. The summed E-state index contributed by atoms with van der Waals surface area (Å²) in [5.41, 5.74) is 8.53. The Morgan fingerprint density at radius 3 is 2.63 bits per heavy atom. The Bertz CT molecular complexity index is 590. The van der Waals surface area contributed by atoms with Crippen molar-refractivity contribution in [1.82, 2.24) is 9.97 Å². The number of anilines is 1. The maximum atomic E-state index is 5.77. The van der Waals surface area contributed by atoms with Crippen molar-refractivity contribution in [2.75, 3.05) is 5.73 Å². The first-order valence-electron chi connectivity index (χ1n) is 6.61. The van der Waals surface area contributed by atoms with Crippen LogP contribution in [0.3, 0.4) is 0 Å². The lowest BCUT2D eigenvalue weighted by Gasteiger charge is -2.16. The molecule has 3 rings (SSSR count). The third kappa shape index (κ3) is 2.67. The van der Waals surface area contributed by atoms with E-state index in [4.69, 9.17) is 10.5 Å². The standard InChI is InChI=1S/C15H17N3O/c1-10-17-14(16)9-15(18-10)19-13-7-6-11-4-2-3-5-12(11)8-13/h6-9H,2-5H2,1H3,(H2,16,17,18). The van der Waals surface area contributed by atoms with Gasteiger partial charge in [-0.2, -0.15) is 4.98 Å². The second-order valence-electron chi connectivity index (χ2n) is 4.92. The summed E-state index contributed by atoms with van der Waals surface area (Å²) in [5.74, 6) is 2.37. The lowest BCUT2D eigenvalue weighted by molar-refractivity contribution is 0.459. The molecule has 1 heterocycles. The summed E-state index contributed by atoms with van der Waals surface area (Å²) in [6, 6.07) is 7.91. The zero-order valence-corrected chi connectivity index (χ0v) is 11.0. The number of nitrogens with zero attached hydrogens (tertiary/aromatic N) is 2. The summed E-state index contributed by atoms with van der Waals surface area (Å²) < 4.78 is 5.77. The van der Waals surface area contributed by atoms with E-state index in [1.807, 2.05) is 6.07 Å². The topological polar surface area (TPSA) is 61.0 Å². The summed E-state index contributed by atoms with van der Waals surface area (Å²) in [6.45, 7) is 1.80. The van der Waals surface area contributed by atoms with Crippen LogP contribution in [-0.2, 0) is 12.8 Å². The Balaban J connectivity index is 1.86. The molecule has 1 aliphatic rings. The molecular formula is C15H17N3O. The number of fused-ring (bicyclic) bond motifs is 1. The van der Waals surface area contributed by atoms with E-state index in [9.17, 15) is 0 Å². The Kier molecular flexibility index (Phi) is 3.07. The maximum absolute atomic E-state index is 5.77. The van der Waals surface area contributed by atoms with Crippen LogP contribution >= 0.6 is 0 Å². The smallest absolute Gasteiger partial charge is 0.224 e. The van der Waals surface area contributed by atoms with Gasteiger partial charge in [0.2, 0.25) is 5.88 Å². The van der Waals surface area contributed by atoms with Crippen molar-refractivity contribution in [3.8, 4) is 11.6 Å². The van der Waals surface area contributed by atoms with Crippen LogP contribution in [0, 0.1) is 6.92 Å². The van der Waals surface area contributed by atoms with Crippen LogP contribution in [0.15, 0.2) is 24.3 Å². The van der Waals surface area contributed by atoms with E-state index in [1.165, 1.54) is 30.4 Å². The van der Waals surface area contributed by atoms with Gasteiger partial charge in [0.1, 0.15) is 17.4 Å². The molecule has 2 N–H and O–H groups in total. The molecule has 0 fully saturated rings. The molecule has 0 aliphatic heterocycles. The molecule has 0 bridgehead atoms. The van der Waals surface area contributed by atoms with Crippen LogP contribution in [0.4, 0.5) is 5.82 Å². The van der Waals surface area contributed by atoms with Crippen LogP contribution < -0.4 is 10.5 Å². The number of hydrogen-bond acceptors (Lipinski definition) is 4.